The summed E-state index contributed by atoms with van der Waals surface area (Å²) in [6.45, 7) is 10.9. The Balaban J connectivity index is 1.44. The van der Waals surface area contributed by atoms with Crippen LogP contribution in [0.25, 0.3) is 10.8 Å². The van der Waals surface area contributed by atoms with Crippen LogP contribution >= 0.6 is 0 Å². The molecular formula is C34H43NO8. The van der Waals surface area contributed by atoms with Crippen molar-refractivity contribution in [2.24, 2.45) is 0 Å². The molecule has 9 nitrogen and oxygen atoms in total. The van der Waals surface area contributed by atoms with Crippen molar-refractivity contribution in [3.63, 3.8) is 0 Å². The summed E-state index contributed by atoms with van der Waals surface area (Å²) in [6, 6.07) is 19.2. The van der Waals surface area contributed by atoms with Crippen molar-refractivity contribution in [3.8, 4) is 11.5 Å². The third-order valence-corrected chi connectivity index (χ3v) is 7.66. The fraction of sp³-hybridized carbons (Fsp3) is 0.500. The second-order valence-corrected chi connectivity index (χ2v) is 12.7. The Bertz CT molecular complexity index is 1400. The summed E-state index contributed by atoms with van der Waals surface area (Å²) >= 11 is 0. The lowest BCUT2D eigenvalue weighted by molar-refractivity contribution is -0.154. The summed E-state index contributed by atoms with van der Waals surface area (Å²) in [5.41, 5.74) is 1.24. The molecule has 0 spiro atoms. The van der Waals surface area contributed by atoms with E-state index in [1.165, 1.54) is 0 Å². The van der Waals surface area contributed by atoms with E-state index in [0.29, 0.717) is 32.9 Å². The molecular weight excluding hydrogens is 550 g/mol. The van der Waals surface area contributed by atoms with Gasteiger partial charge in [-0.05, 0) is 75.4 Å². The maximum absolute atomic E-state index is 13.3. The van der Waals surface area contributed by atoms with Crippen molar-refractivity contribution in [1.29, 1.82) is 0 Å². The highest BCUT2D eigenvalue weighted by Gasteiger charge is 2.43. The van der Waals surface area contributed by atoms with Crippen molar-refractivity contribution in [2.75, 3.05) is 33.4 Å². The van der Waals surface area contributed by atoms with Gasteiger partial charge in [0.2, 0.25) is 0 Å². The summed E-state index contributed by atoms with van der Waals surface area (Å²) in [7, 11) is 1.66. The third-order valence-electron chi connectivity index (χ3n) is 7.66. The molecule has 0 radical (unpaired) electrons. The van der Waals surface area contributed by atoms with Gasteiger partial charge in [-0.3, -0.25) is 0 Å². The maximum Gasteiger partial charge on any atom is 0.410 e. The number of carbonyl (C=O) groups is 1. The van der Waals surface area contributed by atoms with Gasteiger partial charge in [0.25, 0.3) is 0 Å². The van der Waals surface area contributed by atoms with Gasteiger partial charge < -0.3 is 38.4 Å². The lowest BCUT2D eigenvalue weighted by Crippen LogP contribution is -2.55. The second kappa shape index (κ2) is 12.7. The van der Waals surface area contributed by atoms with Gasteiger partial charge in [0.1, 0.15) is 23.2 Å². The van der Waals surface area contributed by atoms with Crippen LogP contribution in [0.4, 0.5) is 4.79 Å². The largest absolute Gasteiger partial charge is 0.508 e. The smallest absolute Gasteiger partial charge is 0.410 e. The number of likely N-dealkylation sites (tertiary alicyclic amines) is 1. The number of benzene rings is 3. The van der Waals surface area contributed by atoms with Crippen LogP contribution in [0.15, 0.2) is 60.7 Å². The van der Waals surface area contributed by atoms with Crippen molar-refractivity contribution >= 4 is 16.9 Å². The minimum atomic E-state index is -0.675. The quantitative estimate of drug-likeness (QED) is 0.339. The van der Waals surface area contributed by atoms with E-state index >= 15 is 0 Å². The molecule has 2 fully saturated rings. The molecule has 1 amide bonds. The topological polar surface area (TPSA) is 95.9 Å². The molecule has 0 bridgehead atoms. The molecule has 0 saturated carbocycles. The van der Waals surface area contributed by atoms with E-state index in [9.17, 15) is 9.90 Å². The highest BCUT2D eigenvalue weighted by Crippen LogP contribution is 2.36. The molecule has 1 N–H and O–H groups in total. The Kier molecular flexibility index (Phi) is 9.18. The number of methoxy groups -OCH3 is 1. The Labute approximate surface area is 253 Å². The first-order valence-electron chi connectivity index (χ1n) is 14.8. The molecule has 0 aromatic heterocycles. The molecule has 9 heteroatoms. The Hall–Kier alpha value is -3.37. The number of aromatic hydroxyl groups is 1. The van der Waals surface area contributed by atoms with Gasteiger partial charge in [-0.2, -0.15) is 0 Å². The van der Waals surface area contributed by atoms with Crippen LogP contribution in [0, 0.1) is 0 Å². The first-order chi connectivity index (χ1) is 20.4. The number of amides is 1. The Morgan fingerprint density at radius 2 is 1.72 bits per heavy atom. The number of carbonyl (C=O) groups excluding carboxylic acids is 1. The van der Waals surface area contributed by atoms with Crippen molar-refractivity contribution < 1.29 is 38.3 Å². The lowest BCUT2D eigenvalue weighted by Gasteiger charge is -2.44. The fourth-order valence-electron chi connectivity index (χ4n) is 5.76. The number of piperidine rings is 1. The number of phenols is 1. The van der Waals surface area contributed by atoms with Crippen LogP contribution in [0.3, 0.4) is 0 Å². The van der Waals surface area contributed by atoms with Crippen LogP contribution < -0.4 is 4.74 Å². The highest BCUT2D eigenvalue weighted by molar-refractivity contribution is 5.89. The molecule has 4 atom stereocenters. The molecule has 0 aliphatic carbocycles. The standard InChI is InChI=1S/C34H43NO8/c1-33(2,3)43-32(37)35-17-29(39-19-22-15-24-9-7-8-10-27(24)28(16-22)38-6)31(23-11-13-25(36)14-12-23)30(18-35)40-20-26-21-41-34(4,5)42-26/h7-16,26,29-31,36H,17-21H2,1-6H3/t26-,29-,30+,31+/m0/s1. The number of ether oxygens (including phenoxy) is 6. The average Bonchev–Trinajstić information content (AvgIpc) is 3.32. The monoisotopic (exact) mass is 593 g/mol. The minimum Gasteiger partial charge on any atom is -0.508 e. The molecule has 0 unspecified atom stereocenters. The van der Waals surface area contributed by atoms with E-state index in [4.69, 9.17) is 28.4 Å². The van der Waals surface area contributed by atoms with Gasteiger partial charge >= 0.3 is 6.09 Å². The number of phenolic OH excluding ortho intramolecular Hbond substituents is 1. The predicted molar refractivity (Wildman–Crippen MR) is 162 cm³/mol. The number of nitrogens with zero attached hydrogens (tertiary/aromatic N) is 1. The first-order valence-corrected chi connectivity index (χ1v) is 14.8. The second-order valence-electron chi connectivity index (χ2n) is 12.7. The van der Waals surface area contributed by atoms with Gasteiger partial charge in [0.05, 0.1) is 52.2 Å². The SMILES string of the molecule is COc1cc(CO[C@H]2CN(C(=O)OC(C)(C)C)C[C@@H](OC[C@H]3COC(C)(C)O3)[C@@H]2c2ccc(O)cc2)cc2ccccc12. The fourth-order valence-corrected chi connectivity index (χ4v) is 5.76. The van der Waals surface area contributed by atoms with Gasteiger partial charge in [-0.15, -0.1) is 0 Å². The van der Waals surface area contributed by atoms with E-state index < -0.39 is 29.7 Å². The number of hydrogen-bond acceptors (Lipinski definition) is 8. The van der Waals surface area contributed by atoms with Crippen molar-refractivity contribution in [3.05, 3.63) is 71.8 Å². The summed E-state index contributed by atoms with van der Waals surface area (Å²) < 4.78 is 36.4. The summed E-state index contributed by atoms with van der Waals surface area (Å²) in [5, 5.41) is 12.1. The molecule has 3 aromatic rings. The van der Waals surface area contributed by atoms with Crippen LogP contribution in [-0.4, -0.2) is 79.2 Å². The van der Waals surface area contributed by atoms with E-state index in [2.05, 4.69) is 6.07 Å². The van der Waals surface area contributed by atoms with Crippen LogP contribution in [0.5, 0.6) is 11.5 Å². The normalized spacial score (nSPS) is 23.8. The zero-order valence-electron chi connectivity index (χ0n) is 25.9. The number of hydrogen-bond donors (Lipinski definition) is 1. The maximum atomic E-state index is 13.3. The lowest BCUT2D eigenvalue weighted by atomic mass is 9.84. The Morgan fingerprint density at radius 1 is 1.02 bits per heavy atom. The summed E-state index contributed by atoms with van der Waals surface area (Å²) in [5.74, 6) is 0.0315. The van der Waals surface area contributed by atoms with Gasteiger partial charge in [0, 0.05) is 11.3 Å². The zero-order valence-corrected chi connectivity index (χ0v) is 25.9. The van der Waals surface area contributed by atoms with Crippen LogP contribution in [0.1, 0.15) is 51.7 Å². The van der Waals surface area contributed by atoms with Gasteiger partial charge in [-0.1, -0.05) is 36.4 Å². The molecule has 3 aromatic carbocycles. The molecule has 2 heterocycles. The molecule has 43 heavy (non-hydrogen) atoms. The van der Waals surface area contributed by atoms with Crippen molar-refractivity contribution in [1.82, 2.24) is 4.90 Å². The highest BCUT2D eigenvalue weighted by atomic mass is 16.7. The third kappa shape index (κ3) is 7.78. The summed E-state index contributed by atoms with van der Waals surface area (Å²) in [4.78, 5) is 15.0. The average molecular weight is 594 g/mol. The van der Waals surface area contributed by atoms with E-state index in [0.717, 1.165) is 27.6 Å². The number of fused-ring (bicyclic) bond motifs is 1. The minimum absolute atomic E-state index is 0.173. The molecule has 232 valence electrons. The zero-order chi connectivity index (χ0) is 30.8. The van der Waals surface area contributed by atoms with E-state index in [-0.39, 0.29) is 17.8 Å². The van der Waals surface area contributed by atoms with Crippen LogP contribution in [0.2, 0.25) is 0 Å². The molecule has 2 saturated heterocycles. The van der Waals surface area contributed by atoms with Gasteiger partial charge in [-0.25, -0.2) is 4.79 Å². The predicted octanol–water partition coefficient (Wildman–Crippen LogP) is 6.01. The molecule has 5 rings (SSSR count). The Morgan fingerprint density at radius 3 is 2.37 bits per heavy atom. The number of rotatable bonds is 8. The van der Waals surface area contributed by atoms with Crippen molar-refractivity contribution in [2.45, 2.75) is 76.8 Å². The molecule has 2 aliphatic heterocycles. The van der Waals surface area contributed by atoms with Gasteiger partial charge in [0.15, 0.2) is 5.79 Å². The first kappa shape index (κ1) is 31.1. The summed E-state index contributed by atoms with van der Waals surface area (Å²) in [6.07, 6.45) is -1.54. The van der Waals surface area contributed by atoms with E-state index in [1.54, 1.807) is 24.1 Å². The van der Waals surface area contributed by atoms with Crippen LogP contribution in [-0.2, 0) is 30.3 Å². The molecule has 2 aliphatic rings. The van der Waals surface area contributed by atoms with E-state index in [1.807, 2.05) is 77.1 Å².